The van der Waals surface area contributed by atoms with Gasteiger partial charge in [-0.15, -0.1) is 24.0 Å². The molecule has 1 saturated carbocycles. The topological polar surface area (TPSA) is 94.3 Å². The maximum Gasteiger partial charge on any atom is 0.220 e. The zero-order valence-electron chi connectivity index (χ0n) is 16.9. The highest BCUT2D eigenvalue weighted by Crippen LogP contribution is 2.31. The van der Waals surface area contributed by atoms with E-state index in [1.807, 2.05) is 0 Å². The number of aromatic nitrogens is 1. The van der Waals surface area contributed by atoms with E-state index in [9.17, 15) is 8.42 Å². The lowest BCUT2D eigenvalue weighted by molar-refractivity contribution is 0.258. The maximum absolute atomic E-state index is 12.6. The van der Waals surface area contributed by atoms with Crippen LogP contribution in [0.1, 0.15) is 25.0 Å². The fraction of sp³-hybridized carbons (Fsp3) is 0.778. The summed E-state index contributed by atoms with van der Waals surface area (Å²) in [6.07, 6.45) is 5.37. The molecule has 1 unspecified atom stereocenters. The second kappa shape index (κ2) is 9.92. The molecule has 164 valence electrons. The van der Waals surface area contributed by atoms with Gasteiger partial charge in [-0.3, -0.25) is 4.99 Å². The molecular weight excluding hydrogens is 507 g/mol. The van der Waals surface area contributed by atoms with Gasteiger partial charge in [-0.25, -0.2) is 8.42 Å². The first kappa shape index (κ1) is 22.8. The van der Waals surface area contributed by atoms with Crippen molar-refractivity contribution in [2.24, 2.45) is 10.9 Å². The van der Waals surface area contributed by atoms with E-state index in [4.69, 9.17) is 4.52 Å². The highest BCUT2D eigenvalue weighted by molar-refractivity contribution is 14.0. The van der Waals surface area contributed by atoms with Gasteiger partial charge in [0.25, 0.3) is 0 Å². The summed E-state index contributed by atoms with van der Waals surface area (Å²) in [5.74, 6) is 1.43. The van der Waals surface area contributed by atoms with Gasteiger partial charge in [0.1, 0.15) is 12.0 Å². The van der Waals surface area contributed by atoms with Gasteiger partial charge in [0.2, 0.25) is 10.0 Å². The molecule has 29 heavy (non-hydrogen) atoms. The van der Waals surface area contributed by atoms with Gasteiger partial charge in [-0.05, 0) is 31.7 Å². The summed E-state index contributed by atoms with van der Waals surface area (Å²) in [6.45, 7) is 5.52. The highest BCUT2D eigenvalue weighted by Gasteiger charge is 2.34. The molecule has 1 aromatic rings. The average Bonchev–Trinajstić information content (AvgIpc) is 3.21. The summed E-state index contributed by atoms with van der Waals surface area (Å²) < 4.78 is 31.4. The molecule has 1 atom stereocenters. The molecule has 4 rings (SSSR count). The van der Waals surface area contributed by atoms with Gasteiger partial charge < -0.3 is 19.6 Å². The number of likely N-dealkylation sites (tertiary alicyclic amines) is 1. The van der Waals surface area contributed by atoms with Gasteiger partial charge in [0.15, 0.2) is 5.96 Å². The lowest BCUT2D eigenvalue weighted by atomic mass is 10.1. The Morgan fingerprint density at radius 1 is 1.24 bits per heavy atom. The van der Waals surface area contributed by atoms with E-state index in [2.05, 4.69) is 25.3 Å². The van der Waals surface area contributed by atoms with Gasteiger partial charge >= 0.3 is 0 Å². The Morgan fingerprint density at radius 2 is 2.00 bits per heavy atom. The number of nitrogens with one attached hydrogen (secondary N) is 1. The molecule has 3 fully saturated rings. The molecule has 9 nitrogen and oxygen atoms in total. The van der Waals surface area contributed by atoms with E-state index >= 15 is 0 Å². The van der Waals surface area contributed by atoms with E-state index in [0.717, 1.165) is 18.5 Å². The Balaban J connectivity index is 0.00000240. The molecule has 0 amide bonds. The molecule has 1 N–H and O–H groups in total. The van der Waals surface area contributed by atoms with Crippen LogP contribution in [0.25, 0.3) is 0 Å². The molecule has 0 radical (unpaired) electrons. The van der Waals surface area contributed by atoms with Gasteiger partial charge in [-0.1, -0.05) is 5.16 Å². The Labute approximate surface area is 189 Å². The molecule has 0 bridgehead atoms. The first-order valence-corrected chi connectivity index (χ1v) is 11.7. The van der Waals surface area contributed by atoms with Crippen molar-refractivity contribution in [1.82, 2.24) is 24.6 Å². The number of rotatable bonds is 6. The third-order valence-corrected chi connectivity index (χ3v) is 7.71. The number of nitrogens with zero attached hydrogens (tertiary/aromatic N) is 5. The number of halogens is 1. The van der Waals surface area contributed by atoms with Crippen molar-refractivity contribution < 1.29 is 12.9 Å². The molecule has 1 aliphatic carbocycles. The number of sulfonamides is 1. The Hall–Kier alpha value is -0.920. The van der Waals surface area contributed by atoms with Crippen molar-refractivity contribution in [3.63, 3.8) is 0 Å². The van der Waals surface area contributed by atoms with Crippen LogP contribution in [0.3, 0.4) is 0 Å². The molecule has 0 spiro atoms. The lowest BCUT2D eigenvalue weighted by Gasteiger charge is -2.36. The van der Waals surface area contributed by atoms with Crippen molar-refractivity contribution >= 4 is 40.0 Å². The van der Waals surface area contributed by atoms with Crippen LogP contribution in [-0.4, -0.2) is 92.5 Å². The van der Waals surface area contributed by atoms with Crippen LogP contribution in [0, 0.1) is 5.92 Å². The van der Waals surface area contributed by atoms with Crippen LogP contribution in [-0.2, 0) is 15.8 Å². The lowest BCUT2D eigenvalue weighted by Crippen LogP contribution is -2.54. The van der Waals surface area contributed by atoms with E-state index in [1.165, 1.54) is 42.9 Å². The minimum absolute atomic E-state index is 0. The predicted molar refractivity (Wildman–Crippen MR) is 122 cm³/mol. The van der Waals surface area contributed by atoms with E-state index < -0.39 is 10.0 Å². The van der Waals surface area contributed by atoms with Gasteiger partial charge in [0.05, 0.1) is 5.69 Å². The minimum atomic E-state index is -3.38. The van der Waals surface area contributed by atoms with Crippen molar-refractivity contribution in [3.05, 3.63) is 18.0 Å². The standard InChI is InChI=1S/C18H30N6O3S.HI/c1-19-18(20-12-15-4-6-23(13-15)17-2-3-17)22-7-9-24(10-8-22)28(25,26)14-16-5-11-27-21-16;/h5,11,15,17H,2-4,6-10,12-14H2,1H3,(H,19,20);1H. The number of aliphatic imine (C=N–C) groups is 1. The molecule has 11 heteroatoms. The fourth-order valence-corrected chi connectivity index (χ4v) is 5.56. The van der Waals surface area contributed by atoms with E-state index in [1.54, 1.807) is 13.1 Å². The Kier molecular flexibility index (Phi) is 7.79. The fourth-order valence-electron chi connectivity index (χ4n) is 4.14. The molecular formula is C18H31IN6O3S. The largest absolute Gasteiger partial charge is 0.364 e. The molecule has 2 saturated heterocycles. The maximum atomic E-state index is 12.6. The van der Waals surface area contributed by atoms with Crippen LogP contribution in [0.5, 0.6) is 0 Å². The van der Waals surface area contributed by atoms with Gasteiger partial charge in [-0.2, -0.15) is 4.31 Å². The molecule has 3 heterocycles. The summed E-state index contributed by atoms with van der Waals surface area (Å²) >= 11 is 0. The summed E-state index contributed by atoms with van der Waals surface area (Å²) in [6, 6.07) is 2.43. The predicted octanol–water partition coefficient (Wildman–Crippen LogP) is 0.800. The molecule has 1 aromatic heterocycles. The second-order valence-corrected chi connectivity index (χ2v) is 9.91. The minimum Gasteiger partial charge on any atom is -0.364 e. The average molecular weight is 538 g/mol. The number of hydrogen-bond donors (Lipinski definition) is 1. The quantitative estimate of drug-likeness (QED) is 0.326. The molecule has 3 aliphatic rings. The third-order valence-electron chi connectivity index (χ3n) is 5.89. The van der Waals surface area contributed by atoms with Crippen LogP contribution in [0.4, 0.5) is 0 Å². The van der Waals surface area contributed by atoms with E-state index in [0.29, 0.717) is 37.8 Å². The number of piperazine rings is 1. The van der Waals surface area contributed by atoms with Crippen molar-refractivity contribution in [2.75, 3.05) is 52.9 Å². The van der Waals surface area contributed by atoms with Crippen LogP contribution >= 0.6 is 24.0 Å². The Morgan fingerprint density at radius 3 is 2.62 bits per heavy atom. The second-order valence-electron chi connectivity index (χ2n) is 7.94. The highest BCUT2D eigenvalue weighted by atomic mass is 127. The SMILES string of the molecule is CN=C(NCC1CCN(C2CC2)C1)N1CCN(S(=O)(=O)Cc2ccon2)CC1.I. The summed E-state index contributed by atoms with van der Waals surface area (Å²) in [4.78, 5) is 9.18. The zero-order valence-corrected chi connectivity index (χ0v) is 20.0. The van der Waals surface area contributed by atoms with Crippen LogP contribution < -0.4 is 5.32 Å². The summed E-state index contributed by atoms with van der Waals surface area (Å²) in [7, 11) is -1.58. The van der Waals surface area contributed by atoms with Crippen LogP contribution in [0.2, 0.25) is 0 Å². The van der Waals surface area contributed by atoms with Crippen molar-refractivity contribution in [3.8, 4) is 0 Å². The Bertz CT molecular complexity index is 776. The first-order chi connectivity index (χ1) is 13.5. The smallest absolute Gasteiger partial charge is 0.220 e. The number of hydrogen-bond acceptors (Lipinski definition) is 6. The first-order valence-electron chi connectivity index (χ1n) is 10.1. The molecule has 2 aliphatic heterocycles. The normalized spacial score (nSPS) is 24.5. The summed E-state index contributed by atoms with van der Waals surface area (Å²) in [5.41, 5.74) is 0.441. The number of guanidine groups is 1. The monoisotopic (exact) mass is 538 g/mol. The molecule has 0 aromatic carbocycles. The van der Waals surface area contributed by atoms with Gasteiger partial charge in [0, 0.05) is 58.4 Å². The van der Waals surface area contributed by atoms with Crippen molar-refractivity contribution in [1.29, 1.82) is 0 Å². The van der Waals surface area contributed by atoms with Crippen molar-refractivity contribution in [2.45, 2.75) is 31.1 Å². The zero-order chi connectivity index (χ0) is 19.6. The third kappa shape index (κ3) is 5.82. The summed E-state index contributed by atoms with van der Waals surface area (Å²) in [5, 5.41) is 7.22. The van der Waals surface area contributed by atoms with Crippen LogP contribution in [0.15, 0.2) is 21.8 Å². The van der Waals surface area contributed by atoms with E-state index in [-0.39, 0.29) is 29.7 Å².